The van der Waals surface area contributed by atoms with Gasteiger partial charge in [0, 0.05) is 0 Å². The highest BCUT2D eigenvalue weighted by molar-refractivity contribution is 7.27. The Kier molecular flexibility index (Phi) is 4.64. The number of halogens is 3. The first kappa shape index (κ1) is 10.5. The fourth-order valence-corrected chi connectivity index (χ4v) is 1.19. The second-order valence-electron chi connectivity index (χ2n) is 1.67. The van der Waals surface area contributed by atoms with E-state index in [9.17, 15) is 0 Å². The summed E-state index contributed by atoms with van der Waals surface area (Å²) in [5.74, 6) is 0. The summed E-state index contributed by atoms with van der Waals surface area (Å²) in [5, 5.41) is 2.25. The minimum atomic E-state index is 0. The zero-order chi connectivity index (χ0) is 6.85. The SMILES string of the molecule is Cl.Pc1ccc(Cl)c(Cl)c1. The molecule has 4 heteroatoms. The molecule has 1 atom stereocenters. The fourth-order valence-electron chi connectivity index (χ4n) is 0.512. The van der Waals surface area contributed by atoms with Crippen molar-refractivity contribution < 1.29 is 0 Å². The van der Waals surface area contributed by atoms with Gasteiger partial charge < -0.3 is 0 Å². The third kappa shape index (κ3) is 2.64. The van der Waals surface area contributed by atoms with E-state index in [-0.39, 0.29) is 12.4 Å². The van der Waals surface area contributed by atoms with Crippen LogP contribution in [0.15, 0.2) is 18.2 Å². The minimum Gasteiger partial charge on any atom is -0.147 e. The standard InChI is InChI=1S/C6H5Cl2P.ClH/c7-5-2-1-4(9)3-6(5)8;/h1-3H,9H2;1H. The van der Waals surface area contributed by atoms with E-state index < -0.39 is 0 Å². The Bertz CT molecular complexity index is 224. The van der Waals surface area contributed by atoms with Crippen LogP contribution < -0.4 is 5.30 Å². The average molecular weight is 215 g/mol. The number of rotatable bonds is 0. The molecule has 0 nitrogen and oxygen atoms in total. The van der Waals surface area contributed by atoms with Gasteiger partial charge in [-0.05, 0) is 17.4 Å². The van der Waals surface area contributed by atoms with Crippen LogP contribution in [0.25, 0.3) is 0 Å². The molecule has 0 heterocycles. The van der Waals surface area contributed by atoms with Gasteiger partial charge in [-0.1, -0.05) is 29.3 Å². The molecule has 0 aliphatic rings. The van der Waals surface area contributed by atoms with E-state index in [2.05, 4.69) is 9.24 Å². The van der Waals surface area contributed by atoms with Crippen molar-refractivity contribution in [1.82, 2.24) is 0 Å². The molecular weight excluding hydrogens is 209 g/mol. The summed E-state index contributed by atoms with van der Waals surface area (Å²) >= 11 is 11.3. The second kappa shape index (κ2) is 4.41. The van der Waals surface area contributed by atoms with Crippen LogP contribution in [-0.4, -0.2) is 0 Å². The Morgan fingerprint density at radius 3 is 2.10 bits per heavy atom. The highest BCUT2D eigenvalue weighted by atomic mass is 35.5. The molecule has 0 aromatic heterocycles. The van der Waals surface area contributed by atoms with Gasteiger partial charge in [0.1, 0.15) is 0 Å². The normalized spacial score (nSPS) is 8.70. The van der Waals surface area contributed by atoms with Crippen LogP contribution in [0.5, 0.6) is 0 Å². The van der Waals surface area contributed by atoms with Crippen molar-refractivity contribution in [2.75, 3.05) is 0 Å². The zero-order valence-electron chi connectivity index (χ0n) is 4.97. The zero-order valence-corrected chi connectivity index (χ0v) is 8.46. The fraction of sp³-hybridized carbons (Fsp3) is 0. The van der Waals surface area contributed by atoms with E-state index in [0.717, 1.165) is 5.30 Å². The molecule has 0 saturated heterocycles. The van der Waals surface area contributed by atoms with Crippen molar-refractivity contribution in [3.63, 3.8) is 0 Å². The lowest BCUT2D eigenvalue weighted by atomic mass is 10.4. The molecule has 1 aromatic rings. The predicted molar refractivity (Wildman–Crippen MR) is 53.1 cm³/mol. The van der Waals surface area contributed by atoms with E-state index in [1.807, 2.05) is 6.07 Å². The van der Waals surface area contributed by atoms with Crippen LogP contribution in [0.3, 0.4) is 0 Å². The Labute approximate surface area is 78.5 Å². The lowest BCUT2D eigenvalue weighted by Crippen LogP contribution is -1.86. The lowest BCUT2D eigenvalue weighted by Gasteiger charge is -1.94. The van der Waals surface area contributed by atoms with Crippen molar-refractivity contribution in [2.24, 2.45) is 0 Å². The molecule has 0 amide bonds. The number of benzene rings is 1. The third-order valence-corrected chi connectivity index (χ3v) is 2.04. The topological polar surface area (TPSA) is 0 Å². The second-order valence-corrected chi connectivity index (χ2v) is 3.15. The van der Waals surface area contributed by atoms with E-state index >= 15 is 0 Å². The smallest absolute Gasteiger partial charge is 0.0598 e. The lowest BCUT2D eigenvalue weighted by molar-refractivity contribution is 1.77. The van der Waals surface area contributed by atoms with Gasteiger partial charge in [0.05, 0.1) is 10.0 Å². The highest BCUT2D eigenvalue weighted by Crippen LogP contribution is 2.19. The van der Waals surface area contributed by atoms with Gasteiger partial charge in [-0.15, -0.1) is 21.6 Å². The van der Waals surface area contributed by atoms with E-state index in [0.29, 0.717) is 10.0 Å². The monoisotopic (exact) mass is 214 g/mol. The van der Waals surface area contributed by atoms with Gasteiger partial charge in [-0.3, -0.25) is 0 Å². The first-order valence-electron chi connectivity index (χ1n) is 2.40. The molecule has 10 heavy (non-hydrogen) atoms. The molecule has 1 unspecified atom stereocenters. The number of hydrogen-bond donors (Lipinski definition) is 0. The average Bonchev–Trinajstić information content (AvgIpc) is 1.80. The van der Waals surface area contributed by atoms with Gasteiger partial charge in [0.2, 0.25) is 0 Å². The first-order chi connectivity index (χ1) is 4.20. The molecule has 0 saturated carbocycles. The molecule has 0 radical (unpaired) electrons. The van der Waals surface area contributed by atoms with Crippen LogP contribution >= 0.6 is 44.8 Å². The Hall–Kier alpha value is 0.520. The van der Waals surface area contributed by atoms with E-state index in [4.69, 9.17) is 23.2 Å². The summed E-state index contributed by atoms with van der Waals surface area (Å²) in [6.45, 7) is 0. The molecule has 0 spiro atoms. The Morgan fingerprint density at radius 2 is 1.70 bits per heavy atom. The van der Waals surface area contributed by atoms with Crippen LogP contribution in [0.4, 0.5) is 0 Å². The van der Waals surface area contributed by atoms with Crippen LogP contribution in [-0.2, 0) is 0 Å². The van der Waals surface area contributed by atoms with Crippen molar-refractivity contribution in [3.8, 4) is 0 Å². The van der Waals surface area contributed by atoms with Gasteiger partial charge >= 0.3 is 0 Å². The van der Waals surface area contributed by atoms with E-state index in [1.165, 1.54) is 0 Å². The summed E-state index contributed by atoms with van der Waals surface area (Å²) in [7, 11) is 2.54. The van der Waals surface area contributed by atoms with Gasteiger partial charge in [-0.2, -0.15) is 0 Å². The molecular formula is C6H6Cl3P. The summed E-state index contributed by atoms with van der Waals surface area (Å²) < 4.78 is 0. The van der Waals surface area contributed by atoms with Crippen LogP contribution in [0.2, 0.25) is 10.0 Å². The summed E-state index contributed by atoms with van der Waals surface area (Å²) in [5.41, 5.74) is 0. The molecule has 0 aliphatic carbocycles. The highest BCUT2D eigenvalue weighted by Gasteiger charge is 1.93. The Balaban J connectivity index is 0.000000810. The molecule has 1 rings (SSSR count). The molecule has 0 aliphatic heterocycles. The predicted octanol–water partition coefficient (Wildman–Crippen LogP) is 2.92. The van der Waals surface area contributed by atoms with Gasteiger partial charge in [0.25, 0.3) is 0 Å². The van der Waals surface area contributed by atoms with Crippen molar-refractivity contribution in [2.45, 2.75) is 0 Å². The molecule has 0 N–H and O–H groups in total. The van der Waals surface area contributed by atoms with Gasteiger partial charge in [0.15, 0.2) is 0 Å². The Morgan fingerprint density at radius 1 is 1.10 bits per heavy atom. The van der Waals surface area contributed by atoms with Crippen LogP contribution in [0, 0.1) is 0 Å². The maximum Gasteiger partial charge on any atom is 0.0598 e. The molecule has 0 fully saturated rings. The summed E-state index contributed by atoms with van der Waals surface area (Å²) in [4.78, 5) is 0. The van der Waals surface area contributed by atoms with E-state index in [1.54, 1.807) is 12.1 Å². The van der Waals surface area contributed by atoms with Gasteiger partial charge in [-0.25, -0.2) is 0 Å². The summed E-state index contributed by atoms with van der Waals surface area (Å²) in [6.07, 6.45) is 0. The molecule has 56 valence electrons. The summed E-state index contributed by atoms with van der Waals surface area (Å²) in [6, 6.07) is 5.46. The maximum absolute atomic E-state index is 5.67. The van der Waals surface area contributed by atoms with Crippen LogP contribution in [0.1, 0.15) is 0 Å². The first-order valence-corrected chi connectivity index (χ1v) is 3.74. The van der Waals surface area contributed by atoms with Crippen molar-refractivity contribution >= 4 is 50.2 Å². The third-order valence-electron chi connectivity index (χ3n) is 0.944. The largest absolute Gasteiger partial charge is 0.147 e. The molecule has 1 aromatic carbocycles. The number of hydrogen-bond acceptors (Lipinski definition) is 0. The van der Waals surface area contributed by atoms with Crippen molar-refractivity contribution in [1.29, 1.82) is 0 Å². The maximum atomic E-state index is 5.67. The molecule has 0 bridgehead atoms. The minimum absolute atomic E-state index is 0. The van der Waals surface area contributed by atoms with Crippen molar-refractivity contribution in [3.05, 3.63) is 28.2 Å². The quantitative estimate of drug-likeness (QED) is 0.584.